The summed E-state index contributed by atoms with van der Waals surface area (Å²) < 4.78 is 1.71. The zero-order chi connectivity index (χ0) is 14.0. The third kappa shape index (κ3) is 3.58. The van der Waals surface area contributed by atoms with Crippen LogP contribution in [0.1, 0.15) is 15.9 Å². The first kappa shape index (κ1) is 14.1. The van der Waals surface area contributed by atoms with Gasteiger partial charge >= 0.3 is 0 Å². The summed E-state index contributed by atoms with van der Waals surface area (Å²) in [4.78, 5) is 12.1. The number of carbonyl (C=O) groups excluding carboxylic acids is 1. The molecule has 0 spiro atoms. The van der Waals surface area contributed by atoms with Crippen LogP contribution in [0.5, 0.6) is 0 Å². The van der Waals surface area contributed by atoms with E-state index in [-0.39, 0.29) is 5.91 Å². The number of anilines is 2. The second-order valence-corrected chi connectivity index (χ2v) is 5.98. The van der Waals surface area contributed by atoms with Gasteiger partial charge in [-0.3, -0.25) is 4.79 Å². The normalized spacial score (nSPS) is 10.3. The predicted molar refractivity (Wildman–Crippen MR) is 85.4 cm³/mol. The van der Waals surface area contributed by atoms with Gasteiger partial charge < -0.3 is 11.1 Å². The Morgan fingerprint density at radius 3 is 2.53 bits per heavy atom. The predicted octanol–water partition coefficient (Wildman–Crippen LogP) is 4.35. The van der Waals surface area contributed by atoms with E-state index >= 15 is 0 Å². The summed E-state index contributed by atoms with van der Waals surface area (Å²) in [5.41, 5.74) is 8.65. The lowest BCUT2D eigenvalue weighted by Crippen LogP contribution is -2.12. The molecule has 5 heteroatoms. The van der Waals surface area contributed by atoms with Crippen LogP contribution < -0.4 is 11.1 Å². The first-order valence-corrected chi connectivity index (χ1v) is 7.18. The van der Waals surface area contributed by atoms with Gasteiger partial charge in [-0.05, 0) is 64.8 Å². The molecule has 0 aliphatic rings. The molecule has 0 heterocycles. The van der Waals surface area contributed by atoms with Crippen molar-refractivity contribution in [3.8, 4) is 0 Å². The van der Waals surface area contributed by atoms with Crippen molar-refractivity contribution >= 4 is 49.1 Å². The molecule has 0 aliphatic heterocycles. The van der Waals surface area contributed by atoms with Crippen LogP contribution in [0.2, 0.25) is 0 Å². The van der Waals surface area contributed by atoms with E-state index < -0.39 is 0 Å². The SMILES string of the molecule is Cc1cc(Br)cc(NC(=O)c2ccc(Br)c(N)c2)c1. The van der Waals surface area contributed by atoms with Crippen LogP contribution in [-0.4, -0.2) is 5.91 Å². The number of nitrogens with two attached hydrogens (primary N) is 1. The fourth-order valence-electron chi connectivity index (χ4n) is 1.70. The average molecular weight is 384 g/mol. The van der Waals surface area contributed by atoms with Gasteiger partial charge in [0.25, 0.3) is 5.91 Å². The molecule has 0 saturated heterocycles. The van der Waals surface area contributed by atoms with Crippen molar-refractivity contribution in [3.05, 3.63) is 56.5 Å². The van der Waals surface area contributed by atoms with Crippen LogP contribution >= 0.6 is 31.9 Å². The van der Waals surface area contributed by atoms with Crippen LogP contribution in [0, 0.1) is 6.92 Å². The topological polar surface area (TPSA) is 55.1 Å². The molecular weight excluding hydrogens is 372 g/mol. The van der Waals surface area contributed by atoms with Crippen molar-refractivity contribution in [2.24, 2.45) is 0 Å². The van der Waals surface area contributed by atoms with Gasteiger partial charge in [0, 0.05) is 25.9 Å². The van der Waals surface area contributed by atoms with Gasteiger partial charge in [0.05, 0.1) is 0 Å². The molecule has 0 atom stereocenters. The molecule has 0 unspecified atom stereocenters. The summed E-state index contributed by atoms with van der Waals surface area (Å²) >= 11 is 6.70. The van der Waals surface area contributed by atoms with Crippen LogP contribution in [0.4, 0.5) is 11.4 Å². The van der Waals surface area contributed by atoms with E-state index in [1.54, 1.807) is 18.2 Å². The van der Waals surface area contributed by atoms with E-state index in [1.165, 1.54) is 0 Å². The molecule has 3 N–H and O–H groups in total. The lowest BCUT2D eigenvalue weighted by molar-refractivity contribution is 0.102. The summed E-state index contributed by atoms with van der Waals surface area (Å²) in [6.07, 6.45) is 0. The quantitative estimate of drug-likeness (QED) is 0.757. The van der Waals surface area contributed by atoms with Crippen LogP contribution in [-0.2, 0) is 0 Å². The second-order valence-electron chi connectivity index (χ2n) is 4.21. The fraction of sp³-hybridized carbons (Fsp3) is 0.0714. The van der Waals surface area contributed by atoms with Crippen molar-refractivity contribution in [1.29, 1.82) is 0 Å². The average Bonchev–Trinajstić information content (AvgIpc) is 2.31. The van der Waals surface area contributed by atoms with Gasteiger partial charge in [-0.15, -0.1) is 0 Å². The van der Waals surface area contributed by atoms with Crippen LogP contribution in [0.25, 0.3) is 0 Å². The van der Waals surface area contributed by atoms with Crippen LogP contribution in [0.15, 0.2) is 45.3 Å². The minimum atomic E-state index is -0.184. The standard InChI is InChI=1S/C14H12Br2N2O/c1-8-4-10(15)7-11(5-8)18-14(19)9-2-3-12(16)13(17)6-9/h2-7H,17H2,1H3,(H,18,19). The molecule has 98 valence electrons. The Balaban J connectivity index is 2.22. The highest BCUT2D eigenvalue weighted by Crippen LogP contribution is 2.22. The maximum absolute atomic E-state index is 12.1. The highest BCUT2D eigenvalue weighted by molar-refractivity contribution is 9.10. The number of halogens is 2. The van der Waals surface area contributed by atoms with Crippen molar-refractivity contribution < 1.29 is 4.79 Å². The Kier molecular flexibility index (Phi) is 4.27. The Hall–Kier alpha value is -1.33. The minimum absolute atomic E-state index is 0.184. The number of nitrogen functional groups attached to an aromatic ring is 1. The Morgan fingerprint density at radius 1 is 1.16 bits per heavy atom. The smallest absolute Gasteiger partial charge is 0.255 e. The molecule has 0 fully saturated rings. The highest BCUT2D eigenvalue weighted by atomic mass is 79.9. The molecule has 19 heavy (non-hydrogen) atoms. The van der Waals surface area contributed by atoms with Gasteiger partial charge in [0.2, 0.25) is 0 Å². The zero-order valence-electron chi connectivity index (χ0n) is 10.2. The monoisotopic (exact) mass is 382 g/mol. The lowest BCUT2D eigenvalue weighted by atomic mass is 10.1. The van der Waals surface area contributed by atoms with Gasteiger partial charge in [-0.25, -0.2) is 0 Å². The number of carbonyl (C=O) groups is 1. The van der Waals surface area contributed by atoms with E-state index in [9.17, 15) is 4.79 Å². The first-order valence-electron chi connectivity index (χ1n) is 5.59. The molecule has 0 aliphatic carbocycles. The molecular formula is C14H12Br2N2O. The van der Waals surface area contributed by atoms with E-state index in [2.05, 4.69) is 37.2 Å². The van der Waals surface area contributed by atoms with Gasteiger partial charge in [0.1, 0.15) is 0 Å². The third-order valence-electron chi connectivity index (χ3n) is 2.56. The number of benzene rings is 2. The van der Waals surface area contributed by atoms with Crippen molar-refractivity contribution in [2.75, 3.05) is 11.1 Å². The summed E-state index contributed by atoms with van der Waals surface area (Å²) in [5, 5.41) is 2.85. The van der Waals surface area contributed by atoms with Gasteiger partial charge in [-0.2, -0.15) is 0 Å². The second kappa shape index (κ2) is 5.75. The molecule has 0 radical (unpaired) electrons. The van der Waals surface area contributed by atoms with Crippen molar-refractivity contribution in [3.63, 3.8) is 0 Å². The number of aryl methyl sites for hydroxylation is 1. The summed E-state index contributed by atoms with van der Waals surface area (Å²) in [5.74, 6) is -0.184. The Morgan fingerprint density at radius 2 is 1.89 bits per heavy atom. The molecule has 2 rings (SSSR count). The number of hydrogen-bond donors (Lipinski definition) is 2. The molecule has 2 aromatic rings. The maximum Gasteiger partial charge on any atom is 0.255 e. The molecule has 1 amide bonds. The molecule has 0 saturated carbocycles. The zero-order valence-corrected chi connectivity index (χ0v) is 13.4. The largest absolute Gasteiger partial charge is 0.398 e. The summed E-state index contributed by atoms with van der Waals surface area (Å²) in [6, 6.07) is 10.9. The van der Waals surface area contributed by atoms with Gasteiger partial charge in [0.15, 0.2) is 0 Å². The fourth-order valence-corrected chi connectivity index (χ4v) is 2.55. The third-order valence-corrected chi connectivity index (χ3v) is 3.74. The van der Waals surface area contributed by atoms with Gasteiger partial charge in [-0.1, -0.05) is 15.9 Å². The van der Waals surface area contributed by atoms with Crippen LogP contribution in [0.3, 0.4) is 0 Å². The Labute approximate surface area is 128 Å². The molecule has 0 aromatic heterocycles. The maximum atomic E-state index is 12.1. The molecule has 3 nitrogen and oxygen atoms in total. The lowest BCUT2D eigenvalue weighted by Gasteiger charge is -2.08. The molecule has 0 bridgehead atoms. The number of hydrogen-bond acceptors (Lipinski definition) is 2. The summed E-state index contributed by atoms with van der Waals surface area (Å²) in [7, 11) is 0. The van der Waals surface area contributed by atoms with E-state index in [4.69, 9.17) is 5.73 Å². The number of nitrogens with one attached hydrogen (secondary N) is 1. The van der Waals surface area contributed by atoms with Crippen molar-refractivity contribution in [2.45, 2.75) is 6.92 Å². The van der Waals surface area contributed by atoms with Crippen molar-refractivity contribution in [1.82, 2.24) is 0 Å². The number of amides is 1. The van der Waals surface area contributed by atoms with E-state index in [1.807, 2.05) is 25.1 Å². The highest BCUT2D eigenvalue weighted by Gasteiger charge is 2.08. The van der Waals surface area contributed by atoms with E-state index in [0.717, 1.165) is 20.2 Å². The van der Waals surface area contributed by atoms with E-state index in [0.29, 0.717) is 11.3 Å². The minimum Gasteiger partial charge on any atom is -0.398 e. The number of rotatable bonds is 2. The molecule has 2 aromatic carbocycles. The summed E-state index contributed by atoms with van der Waals surface area (Å²) in [6.45, 7) is 1.97. The Bertz CT molecular complexity index is 621. The first-order chi connectivity index (χ1) is 8.95.